The van der Waals surface area contributed by atoms with Gasteiger partial charge in [0.25, 0.3) is 0 Å². The Morgan fingerprint density at radius 3 is 2.78 bits per heavy atom. The zero-order chi connectivity index (χ0) is 25.1. The maximum atomic E-state index is 15.0. The van der Waals surface area contributed by atoms with Crippen LogP contribution in [0.2, 0.25) is 0 Å². The molecule has 0 bridgehead atoms. The van der Waals surface area contributed by atoms with Gasteiger partial charge in [0.1, 0.15) is 35.1 Å². The van der Waals surface area contributed by atoms with Crippen molar-refractivity contribution >= 4 is 28.5 Å². The van der Waals surface area contributed by atoms with Crippen LogP contribution in [0.25, 0.3) is 11.0 Å². The normalized spacial score (nSPS) is 15.1. The van der Waals surface area contributed by atoms with Gasteiger partial charge in [-0.15, -0.1) is 0 Å². The fraction of sp³-hybridized carbons (Fsp3) is 0.185. The highest BCUT2D eigenvalue weighted by atomic mass is 19.1. The number of anilines is 1. The van der Waals surface area contributed by atoms with E-state index >= 15 is 0 Å². The van der Waals surface area contributed by atoms with Crippen molar-refractivity contribution in [2.75, 3.05) is 18.4 Å². The summed E-state index contributed by atoms with van der Waals surface area (Å²) in [4.78, 5) is 38.8. The zero-order valence-corrected chi connectivity index (χ0v) is 19.4. The average Bonchev–Trinajstić information content (AvgIpc) is 3.55. The third kappa shape index (κ3) is 4.55. The van der Waals surface area contributed by atoms with Gasteiger partial charge in [-0.1, -0.05) is 24.8 Å². The van der Waals surface area contributed by atoms with Crippen LogP contribution in [-0.2, 0) is 4.79 Å². The Hall–Kier alpha value is -4.53. The Morgan fingerprint density at radius 2 is 2.00 bits per heavy atom. The Morgan fingerprint density at radius 1 is 1.17 bits per heavy atom. The lowest BCUT2D eigenvalue weighted by Crippen LogP contribution is -2.38. The summed E-state index contributed by atoms with van der Waals surface area (Å²) in [6.07, 6.45) is 5.95. The standard InChI is InChI=1S/C27H24FN5O3/c1-2-23(34)33-12-6-7-17(33)14-29-26-24-21(15-30-27(24)32-16-31-26)25(35)20-11-10-19(13-22(20)28)36-18-8-4-3-5-9-18/h2-5,8-11,13,15-17H,1,6-7,12,14H2,(H2,29,30,31,32). The molecule has 182 valence electrons. The molecule has 1 saturated heterocycles. The largest absolute Gasteiger partial charge is 0.457 e. The number of H-pyrrole nitrogens is 1. The number of nitrogens with zero attached hydrogens (tertiary/aromatic N) is 3. The van der Waals surface area contributed by atoms with Crippen LogP contribution < -0.4 is 10.1 Å². The highest BCUT2D eigenvalue weighted by molar-refractivity contribution is 6.18. The van der Waals surface area contributed by atoms with E-state index in [1.165, 1.54) is 30.7 Å². The highest BCUT2D eigenvalue weighted by Crippen LogP contribution is 2.29. The van der Waals surface area contributed by atoms with Crippen molar-refractivity contribution < 1.29 is 18.7 Å². The Bertz CT molecular complexity index is 1440. The quantitative estimate of drug-likeness (QED) is 0.277. The lowest BCUT2D eigenvalue weighted by atomic mass is 10.0. The number of carbonyl (C=O) groups excluding carboxylic acids is 2. The van der Waals surface area contributed by atoms with Crippen LogP contribution in [0.4, 0.5) is 10.2 Å². The third-order valence-electron chi connectivity index (χ3n) is 6.22. The first-order chi connectivity index (χ1) is 17.5. The molecule has 0 radical (unpaired) electrons. The third-order valence-corrected chi connectivity index (χ3v) is 6.22. The predicted octanol–water partition coefficient (Wildman–Crippen LogP) is 4.71. The van der Waals surface area contributed by atoms with Crippen LogP contribution in [0.5, 0.6) is 11.5 Å². The van der Waals surface area contributed by atoms with E-state index in [1.54, 1.807) is 23.1 Å². The molecule has 5 rings (SSSR count). The van der Waals surface area contributed by atoms with Gasteiger partial charge >= 0.3 is 0 Å². The molecule has 4 aromatic rings. The monoisotopic (exact) mass is 485 g/mol. The molecule has 2 N–H and O–H groups in total. The number of carbonyl (C=O) groups is 2. The Labute approximate surface area is 206 Å². The molecule has 3 heterocycles. The van der Waals surface area contributed by atoms with Gasteiger partial charge in [0, 0.05) is 31.4 Å². The molecule has 2 aromatic heterocycles. The Kier molecular flexibility index (Phi) is 6.44. The fourth-order valence-electron chi connectivity index (χ4n) is 4.46. The molecule has 1 atom stereocenters. The van der Waals surface area contributed by atoms with Crippen LogP contribution in [-0.4, -0.2) is 50.7 Å². The smallest absolute Gasteiger partial charge is 0.246 e. The molecule has 1 fully saturated rings. The van der Waals surface area contributed by atoms with Gasteiger partial charge in [-0.3, -0.25) is 9.59 Å². The zero-order valence-electron chi connectivity index (χ0n) is 19.4. The first kappa shape index (κ1) is 23.2. The van der Waals surface area contributed by atoms with Crippen LogP contribution in [0.15, 0.2) is 73.7 Å². The molecule has 0 spiro atoms. The van der Waals surface area contributed by atoms with E-state index in [0.717, 1.165) is 12.8 Å². The number of hydrogen-bond acceptors (Lipinski definition) is 6. The van der Waals surface area contributed by atoms with Crippen molar-refractivity contribution in [2.45, 2.75) is 18.9 Å². The van der Waals surface area contributed by atoms with E-state index in [2.05, 4.69) is 26.8 Å². The molecule has 0 aliphatic carbocycles. The van der Waals surface area contributed by atoms with Crippen molar-refractivity contribution in [3.63, 3.8) is 0 Å². The van der Waals surface area contributed by atoms with Gasteiger partial charge in [-0.25, -0.2) is 14.4 Å². The number of para-hydroxylation sites is 1. The van der Waals surface area contributed by atoms with Gasteiger partial charge in [-0.2, -0.15) is 0 Å². The molecule has 1 aliphatic heterocycles. The van der Waals surface area contributed by atoms with Crippen molar-refractivity contribution in [2.24, 2.45) is 0 Å². The van der Waals surface area contributed by atoms with Crippen LogP contribution in [0.1, 0.15) is 28.8 Å². The second-order valence-electron chi connectivity index (χ2n) is 8.45. The van der Waals surface area contributed by atoms with Crippen LogP contribution in [0.3, 0.4) is 0 Å². The van der Waals surface area contributed by atoms with Gasteiger partial charge in [0.15, 0.2) is 5.78 Å². The van der Waals surface area contributed by atoms with E-state index in [4.69, 9.17) is 4.74 Å². The van der Waals surface area contributed by atoms with E-state index in [9.17, 15) is 14.0 Å². The topological polar surface area (TPSA) is 100 Å². The molecule has 36 heavy (non-hydrogen) atoms. The molecule has 8 nitrogen and oxygen atoms in total. The summed E-state index contributed by atoms with van der Waals surface area (Å²) in [5.41, 5.74) is 0.601. The number of nitrogens with one attached hydrogen (secondary N) is 2. The fourth-order valence-corrected chi connectivity index (χ4v) is 4.46. The number of aromatic amines is 1. The maximum absolute atomic E-state index is 15.0. The first-order valence-corrected chi connectivity index (χ1v) is 11.6. The predicted molar refractivity (Wildman–Crippen MR) is 134 cm³/mol. The van der Waals surface area contributed by atoms with E-state index in [1.807, 2.05) is 18.2 Å². The molecule has 1 aliphatic rings. The number of rotatable bonds is 8. The number of benzene rings is 2. The van der Waals surface area contributed by atoms with E-state index in [0.29, 0.717) is 35.7 Å². The SMILES string of the molecule is C=CC(=O)N1CCCC1CNc1ncnc2[nH]cc(C(=O)c3ccc(Oc4ccccc4)cc3F)c12. The number of fused-ring (bicyclic) bond motifs is 1. The molecule has 0 saturated carbocycles. The lowest BCUT2D eigenvalue weighted by Gasteiger charge is -2.24. The minimum atomic E-state index is -0.696. The molecule has 9 heteroatoms. The summed E-state index contributed by atoms with van der Waals surface area (Å²) >= 11 is 0. The maximum Gasteiger partial charge on any atom is 0.246 e. The highest BCUT2D eigenvalue weighted by Gasteiger charge is 2.28. The summed E-state index contributed by atoms with van der Waals surface area (Å²) in [6.45, 7) is 4.70. The van der Waals surface area contributed by atoms with Crippen molar-refractivity contribution in [1.29, 1.82) is 0 Å². The molecule has 1 amide bonds. The number of likely N-dealkylation sites (tertiary alicyclic amines) is 1. The molecule has 2 aromatic carbocycles. The van der Waals surface area contributed by atoms with Crippen LogP contribution >= 0.6 is 0 Å². The van der Waals surface area contributed by atoms with Gasteiger partial charge in [0.2, 0.25) is 5.91 Å². The average molecular weight is 486 g/mol. The second-order valence-corrected chi connectivity index (χ2v) is 8.45. The van der Waals surface area contributed by atoms with Gasteiger partial charge < -0.3 is 19.9 Å². The molecule has 1 unspecified atom stereocenters. The molecular formula is C27H24FN5O3. The second kappa shape index (κ2) is 9.99. The summed E-state index contributed by atoms with van der Waals surface area (Å²) in [7, 11) is 0. The van der Waals surface area contributed by atoms with Crippen molar-refractivity contribution in [3.8, 4) is 11.5 Å². The van der Waals surface area contributed by atoms with E-state index < -0.39 is 11.6 Å². The van der Waals surface area contributed by atoms with E-state index in [-0.39, 0.29) is 28.8 Å². The molecular weight excluding hydrogens is 461 g/mol. The minimum absolute atomic E-state index is 0.0202. The van der Waals surface area contributed by atoms with Gasteiger partial charge in [-0.05, 0) is 43.2 Å². The van der Waals surface area contributed by atoms with Gasteiger partial charge in [0.05, 0.1) is 16.5 Å². The minimum Gasteiger partial charge on any atom is -0.457 e. The number of halogens is 1. The number of hydrogen-bond donors (Lipinski definition) is 2. The summed E-state index contributed by atoms with van der Waals surface area (Å²) in [5, 5.41) is 3.72. The number of ketones is 1. The van der Waals surface area contributed by atoms with Crippen molar-refractivity contribution in [3.05, 3.63) is 90.7 Å². The Balaban J connectivity index is 1.39. The summed E-state index contributed by atoms with van der Waals surface area (Å²) < 4.78 is 20.7. The number of ether oxygens (including phenoxy) is 1. The lowest BCUT2D eigenvalue weighted by molar-refractivity contribution is -0.126. The summed E-state index contributed by atoms with van der Waals surface area (Å²) in [6, 6.07) is 13.1. The van der Waals surface area contributed by atoms with Crippen LogP contribution in [0, 0.1) is 5.82 Å². The van der Waals surface area contributed by atoms with Crippen molar-refractivity contribution in [1.82, 2.24) is 19.9 Å². The summed E-state index contributed by atoms with van der Waals surface area (Å²) in [5.74, 6) is -0.0243. The number of aromatic nitrogens is 3. The first-order valence-electron chi connectivity index (χ1n) is 11.6. The number of amides is 1.